The van der Waals surface area contributed by atoms with E-state index in [1.54, 1.807) is 6.08 Å². The molecule has 0 saturated heterocycles. The number of anilines is 1. The number of esters is 1. The number of nitrogens with zero attached hydrogens (tertiary/aromatic N) is 1. The normalized spacial score (nSPS) is 10.3. The molecular weight excluding hydrogens is 256 g/mol. The third-order valence-corrected chi connectivity index (χ3v) is 2.69. The summed E-state index contributed by atoms with van der Waals surface area (Å²) in [6, 6.07) is 7.84. The van der Waals surface area contributed by atoms with Crippen LogP contribution in [0.25, 0.3) is 6.08 Å². The Bertz CT molecular complexity index is 478. The number of methoxy groups -OCH3 is 1. The third-order valence-electron chi connectivity index (χ3n) is 2.69. The lowest BCUT2D eigenvalue weighted by Crippen LogP contribution is -2.24. The van der Waals surface area contributed by atoms with Crippen LogP contribution in [0.1, 0.15) is 12.0 Å². The molecule has 0 aliphatic rings. The molecule has 0 heterocycles. The van der Waals surface area contributed by atoms with Gasteiger partial charge >= 0.3 is 5.97 Å². The number of hydrogen-bond donors (Lipinski definition) is 1. The standard InChI is InChI=1S/C15H20N2O3/c1-17(2)13-7-4-12(5-8-13)6-9-14(18)16-11-10-15(19)20-3/h4-9H,10-11H2,1-3H3,(H,16,18). The van der Waals surface area contributed by atoms with E-state index in [1.807, 2.05) is 43.3 Å². The zero-order valence-corrected chi connectivity index (χ0v) is 12.1. The molecule has 0 radical (unpaired) electrons. The first kappa shape index (κ1) is 15.8. The molecule has 0 aromatic heterocycles. The van der Waals surface area contributed by atoms with Crippen molar-refractivity contribution in [3.8, 4) is 0 Å². The summed E-state index contributed by atoms with van der Waals surface area (Å²) in [4.78, 5) is 24.4. The fourth-order valence-electron chi connectivity index (χ4n) is 1.50. The molecule has 0 spiro atoms. The summed E-state index contributed by atoms with van der Waals surface area (Å²) in [6.45, 7) is 0.273. The molecule has 0 aliphatic heterocycles. The lowest BCUT2D eigenvalue weighted by atomic mass is 10.2. The second kappa shape index (κ2) is 7.99. The van der Waals surface area contributed by atoms with Crippen LogP contribution in [-0.4, -0.2) is 39.6 Å². The van der Waals surface area contributed by atoms with Crippen LogP contribution in [0.5, 0.6) is 0 Å². The van der Waals surface area contributed by atoms with Gasteiger partial charge in [-0.3, -0.25) is 9.59 Å². The van der Waals surface area contributed by atoms with Gasteiger partial charge in [0, 0.05) is 32.4 Å². The molecule has 0 bridgehead atoms. The number of benzene rings is 1. The minimum atomic E-state index is -0.339. The number of carbonyl (C=O) groups excluding carboxylic acids is 2. The fourth-order valence-corrected chi connectivity index (χ4v) is 1.50. The summed E-state index contributed by atoms with van der Waals surface area (Å²) < 4.78 is 4.48. The Morgan fingerprint density at radius 3 is 2.45 bits per heavy atom. The lowest BCUT2D eigenvalue weighted by molar-refractivity contribution is -0.140. The fraction of sp³-hybridized carbons (Fsp3) is 0.333. The molecule has 1 N–H and O–H groups in total. The summed E-state index contributed by atoms with van der Waals surface area (Å²) in [5.74, 6) is -0.570. The van der Waals surface area contributed by atoms with Crippen LogP contribution in [0.15, 0.2) is 30.3 Å². The number of rotatable bonds is 6. The highest BCUT2D eigenvalue weighted by Crippen LogP contribution is 2.12. The first-order valence-corrected chi connectivity index (χ1v) is 6.33. The molecule has 1 amide bonds. The van der Waals surface area contributed by atoms with Crippen LogP contribution in [0.3, 0.4) is 0 Å². The molecule has 20 heavy (non-hydrogen) atoms. The number of amides is 1. The molecule has 1 aromatic rings. The van der Waals surface area contributed by atoms with E-state index in [0.717, 1.165) is 11.3 Å². The number of ether oxygens (including phenoxy) is 1. The Balaban J connectivity index is 2.42. The average molecular weight is 276 g/mol. The van der Waals surface area contributed by atoms with Crippen LogP contribution < -0.4 is 10.2 Å². The van der Waals surface area contributed by atoms with E-state index in [-0.39, 0.29) is 24.8 Å². The molecule has 0 atom stereocenters. The Morgan fingerprint density at radius 1 is 1.25 bits per heavy atom. The first-order valence-electron chi connectivity index (χ1n) is 6.33. The molecule has 0 aliphatic carbocycles. The Morgan fingerprint density at radius 2 is 1.90 bits per heavy atom. The predicted octanol–water partition coefficient (Wildman–Crippen LogP) is 1.45. The molecule has 108 valence electrons. The molecule has 1 aromatic carbocycles. The molecular formula is C15H20N2O3. The molecule has 0 saturated carbocycles. The van der Waals surface area contributed by atoms with Gasteiger partial charge in [-0.05, 0) is 23.8 Å². The van der Waals surface area contributed by atoms with Gasteiger partial charge in [-0.15, -0.1) is 0 Å². The van der Waals surface area contributed by atoms with E-state index in [1.165, 1.54) is 13.2 Å². The number of nitrogens with one attached hydrogen (secondary N) is 1. The van der Waals surface area contributed by atoms with E-state index in [9.17, 15) is 9.59 Å². The number of carbonyl (C=O) groups is 2. The quantitative estimate of drug-likeness (QED) is 0.631. The summed E-state index contributed by atoms with van der Waals surface area (Å²) in [5, 5.41) is 2.61. The van der Waals surface area contributed by atoms with Gasteiger partial charge in [0.1, 0.15) is 0 Å². The minimum Gasteiger partial charge on any atom is -0.469 e. The van der Waals surface area contributed by atoms with Crippen LogP contribution in [0.4, 0.5) is 5.69 Å². The van der Waals surface area contributed by atoms with Crippen molar-refractivity contribution in [1.29, 1.82) is 0 Å². The maximum absolute atomic E-state index is 11.5. The third kappa shape index (κ3) is 5.56. The van der Waals surface area contributed by atoms with Crippen molar-refractivity contribution in [3.63, 3.8) is 0 Å². The van der Waals surface area contributed by atoms with Gasteiger partial charge in [0.25, 0.3) is 0 Å². The topological polar surface area (TPSA) is 58.6 Å². The molecule has 5 heteroatoms. The van der Waals surface area contributed by atoms with Gasteiger partial charge in [0.2, 0.25) is 5.91 Å². The highest BCUT2D eigenvalue weighted by atomic mass is 16.5. The highest BCUT2D eigenvalue weighted by molar-refractivity contribution is 5.91. The Hall–Kier alpha value is -2.30. The first-order chi connectivity index (χ1) is 9.52. The van der Waals surface area contributed by atoms with Crippen molar-refractivity contribution in [3.05, 3.63) is 35.9 Å². The van der Waals surface area contributed by atoms with Crippen LogP contribution in [-0.2, 0) is 14.3 Å². The van der Waals surface area contributed by atoms with Crippen molar-refractivity contribution in [2.45, 2.75) is 6.42 Å². The molecule has 0 fully saturated rings. The largest absolute Gasteiger partial charge is 0.469 e. The van der Waals surface area contributed by atoms with Gasteiger partial charge < -0.3 is 15.0 Å². The monoisotopic (exact) mass is 276 g/mol. The summed E-state index contributed by atoms with van der Waals surface area (Å²) in [6.07, 6.45) is 3.35. The maximum Gasteiger partial charge on any atom is 0.307 e. The molecule has 0 unspecified atom stereocenters. The maximum atomic E-state index is 11.5. The van der Waals surface area contributed by atoms with Crippen LogP contribution in [0.2, 0.25) is 0 Å². The number of hydrogen-bond acceptors (Lipinski definition) is 4. The van der Waals surface area contributed by atoms with Gasteiger partial charge in [-0.1, -0.05) is 12.1 Å². The van der Waals surface area contributed by atoms with Crippen molar-refractivity contribution in [2.24, 2.45) is 0 Å². The lowest BCUT2D eigenvalue weighted by Gasteiger charge is -2.11. The summed E-state index contributed by atoms with van der Waals surface area (Å²) in [7, 11) is 5.26. The zero-order chi connectivity index (χ0) is 15.0. The van der Waals surface area contributed by atoms with Crippen molar-refractivity contribution >= 4 is 23.6 Å². The summed E-state index contributed by atoms with van der Waals surface area (Å²) >= 11 is 0. The van der Waals surface area contributed by atoms with E-state index >= 15 is 0 Å². The van der Waals surface area contributed by atoms with E-state index in [4.69, 9.17) is 0 Å². The average Bonchev–Trinajstić information content (AvgIpc) is 2.45. The van der Waals surface area contributed by atoms with Crippen molar-refractivity contribution in [1.82, 2.24) is 5.32 Å². The SMILES string of the molecule is COC(=O)CCNC(=O)C=Cc1ccc(N(C)C)cc1. The van der Waals surface area contributed by atoms with Crippen LogP contribution >= 0.6 is 0 Å². The Kier molecular flexibility index (Phi) is 6.29. The van der Waals surface area contributed by atoms with Crippen LogP contribution in [0, 0.1) is 0 Å². The second-order valence-corrected chi connectivity index (χ2v) is 4.44. The minimum absolute atomic E-state index is 0.174. The molecule has 5 nitrogen and oxygen atoms in total. The second-order valence-electron chi connectivity index (χ2n) is 4.44. The van der Waals surface area contributed by atoms with Gasteiger partial charge in [-0.25, -0.2) is 0 Å². The summed E-state index contributed by atoms with van der Waals surface area (Å²) in [5.41, 5.74) is 2.04. The zero-order valence-electron chi connectivity index (χ0n) is 12.1. The van der Waals surface area contributed by atoms with Gasteiger partial charge in [-0.2, -0.15) is 0 Å². The Labute approximate surface area is 119 Å². The van der Waals surface area contributed by atoms with E-state index in [0.29, 0.717) is 0 Å². The predicted molar refractivity (Wildman–Crippen MR) is 79.4 cm³/mol. The van der Waals surface area contributed by atoms with Crippen molar-refractivity contribution in [2.75, 3.05) is 32.6 Å². The van der Waals surface area contributed by atoms with E-state index < -0.39 is 0 Å². The smallest absolute Gasteiger partial charge is 0.307 e. The van der Waals surface area contributed by atoms with Gasteiger partial charge in [0.05, 0.1) is 13.5 Å². The highest BCUT2D eigenvalue weighted by Gasteiger charge is 2.01. The molecule has 1 rings (SSSR count). The van der Waals surface area contributed by atoms with E-state index in [2.05, 4.69) is 10.1 Å². The van der Waals surface area contributed by atoms with Gasteiger partial charge in [0.15, 0.2) is 0 Å². The van der Waals surface area contributed by atoms with Crippen molar-refractivity contribution < 1.29 is 14.3 Å².